The van der Waals surface area contributed by atoms with Crippen molar-refractivity contribution < 1.29 is 23.8 Å². The molecule has 0 radical (unpaired) electrons. The number of hydroxylamine groups is 1. The van der Waals surface area contributed by atoms with Gasteiger partial charge in [-0.3, -0.25) is 10.3 Å². The molecule has 5 rings (SSSR count). The van der Waals surface area contributed by atoms with Gasteiger partial charge < -0.3 is 18.9 Å². The highest BCUT2D eigenvalue weighted by Gasteiger charge is 2.48. The van der Waals surface area contributed by atoms with Crippen LogP contribution in [-0.2, 0) is 14.3 Å². The second-order valence-electron chi connectivity index (χ2n) is 8.32. The minimum Gasteiger partial charge on any atom is -0.493 e. The molecule has 4 aliphatic rings. The number of methoxy groups -OCH3 is 1. The van der Waals surface area contributed by atoms with E-state index in [1.54, 1.807) is 7.11 Å². The van der Waals surface area contributed by atoms with Crippen molar-refractivity contribution in [3.8, 4) is 11.5 Å². The lowest BCUT2D eigenvalue weighted by molar-refractivity contribution is -0.205. The summed E-state index contributed by atoms with van der Waals surface area (Å²) in [5.74, 6) is 1.21. The smallest absolute Gasteiger partial charge is 0.168 e. The molecule has 2 heterocycles. The third-order valence-electron chi connectivity index (χ3n) is 6.51. The summed E-state index contributed by atoms with van der Waals surface area (Å²) in [6.45, 7) is 1.39. The Bertz CT molecular complexity index is 739. The van der Waals surface area contributed by atoms with E-state index < -0.39 is 0 Å². The summed E-state index contributed by atoms with van der Waals surface area (Å²) >= 11 is 0. The van der Waals surface area contributed by atoms with Crippen LogP contribution < -0.4 is 15.0 Å². The molecule has 28 heavy (non-hydrogen) atoms. The normalized spacial score (nSPS) is 25.8. The highest BCUT2D eigenvalue weighted by molar-refractivity contribution is 5.68. The molecular formula is C22H29NO5. The van der Waals surface area contributed by atoms with E-state index in [-0.39, 0.29) is 11.4 Å². The third-order valence-corrected chi connectivity index (χ3v) is 6.51. The van der Waals surface area contributed by atoms with Crippen molar-refractivity contribution in [2.24, 2.45) is 0 Å². The van der Waals surface area contributed by atoms with Crippen molar-refractivity contribution in [3.05, 3.63) is 29.8 Å². The van der Waals surface area contributed by atoms with Crippen LogP contribution in [0.1, 0.15) is 56.9 Å². The average Bonchev–Trinajstić information content (AvgIpc) is 3.47. The number of hydrogen-bond donors (Lipinski definition) is 1. The van der Waals surface area contributed by atoms with Crippen LogP contribution in [0, 0.1) is 0 Å². The number of benzene rings is 1. The Morgan fingerprint density at radius 1 is 1.00 bits per heavy atom. The number of rotatable bonds is 4. The Hall–Kier alpha value is -1.76. The summed E-state index contributed by atoms with van der Waals surface area (Å²) in [4.78, 5) is 6.06. The van der Waals surface area contributed by atoms with Gasteiger partial charge in [-0.15, -0.1) is 0 Å². The lowest BCUT2D eigenvalue weighted by Gasteiger charge is -2.39. The summed E-state index contributed by atoms with van der Waals surface area (Å²) in [7, 11) is 1.69. The van der Waals surface area contributed by atoms with Gasteiger partial charge in [-0.05, 0) is 62.8 Å². The SMILES string of the molecule is COc1ccc(C2=CC3(CCC4(CC3)OCCO4)ON2)cc1OC1CCCC1. The lowest BCUT2D eigenvalue weighted by atomic mass is 9.81. The van der Waals surface area contributed by atoms with Crippen LogP contribution in [0.2, 0.25) is 0 Å². The zero-order valence-electron chi connectivity index (χ0n) is 16.5. The van der Waals surface area contributed by atoms with E-state index in [2.05, 4.69) is 23.7 Å². The van der Waals surface area contributed by atoms with E-state index in [0.717, 1.165) is 61.3 Å². The van der Waals surface area contributed by atoms with E-state index in [4.69, 9.17) is 23.8 Å². The summed E-state index contributed by atoms with van der Waals surface area (Å²) in [6.07, 6.45) is 10.7. The quantitative estimate of drug-likeness (QED) is 0.844. The van der Waals surface area contributed by atoms with Crippen molar-refractivity contribution in [1.82, 2.24) is 5.48 Å². The van der Waals surface area contributed by atoms with Gasteiger partial charge >= 0.3 is 0 Å². The summed E-state index contributed by atoms with van der Waals surface area (Å²) in [5.41, 5.74) is 4.91. The van der Waals surface area contributed by atoms with Gasteiger partial charge in [0, 0.05) is 18.4 Å². The third kappa shape index (κ3) is 3.38. The number of ether oxygens (including phenoxy) is 4. The van der Waals surface area contributed by atoms with Gasteiger partial charge in [0.05, 0.1) is 32.1 Å². The molecule has 1 saturated heterocycles. The second-order valence-corrected chi connectivity index (χ2v) is 8.32. The Labute approximate surface area is 166 Å². The largest absolute Gasteiger partial charge is 0.493 e. The molecule has 1 aromatic carbocycles. The summed E-state index contributed by atoms with van der Waals surface area (Å²) < 4.78 is 23.5. The molecular weight excluding hydrogens is 358 g/mol. The van der Waals surface area contributed by atoms with Crippen molar-refractivity contribution >= 4 is 5.70 Å². The molecule has 2 saturated carbocycles. The van der Waals surface area contributed by atoms with E-state index in [1.165, 1.54) is 12.8 Å². The minimum absolute atomic E-state index is 0.289. The van der Waals surface area contributed by atoms with Crippen LogP contribution in [0.15, 0.2) is 24.3 Å². The number of hydrogen-bond acceptors (Lipinski definition) is 6. The van der Waals surface area contributed by atoms with Gasteiger partial charge in [0.1, 0.15) is 5.60 Å². The van der Waals surface area contributed by atoms with Gasteiger partial charge in [-0.1, -0.05) is 0 Å². The van der Waals surface area contributed by atoms with Gasteiger partial charge in [0.2, 0.25) is 0 Å². The molecule has 0 amide bonds. The maximum Gasteiger partial charge on any atom is 0.168 e. The molecule has 0 bridgehead atoms. The van der Waals surface area contributed by atoms with E-state index in [0.29, 0.717) is 19.3 Å². The van der Waals surface area contributed by atoms with Crippen molar-refractivity contribution in [3.63, 3.8) is 0 Å². The zero-order valence-corrected chi connectivity index (χ0v) is 16.5. The first kappa shape index (κ1) is 18.3. The lowest BCUT2D eigenvalue weighted by Crippen LogP contribution is -2.43. The van der Waals surface area contributed by atoms with Crippen LogP contribution >= 0.6 is 0 Å². The molecule has 2 spiro atoms. The minimum atomic E-state index is -0.381. The molecule has 0 aromatic heterocycles. The maximum atomic E-state index is 6.24. The van der Waals surface area contributed by atoms with Crippen LogP contribution in [0.25, 0.3) is 5.70 Å². The monoisotopic (exact) mass is 387 g/mol. The zero-order chi connectivity index (χ0) is 19.0. The fourth-order valence-corrected chi connectivity index (χ4v) is 4.83. The maximum absolute atomic E-state index is 6.24. The molecule has 1 aromatic rings. The first-order valence-electron chi connectivity index (χ1n) is 10.5. The summed E-state index contributed by atoms with van der Waals surface area (Å²) in [5, 5.41) is 0. The van der Waals surface area contributed by atoms with Crippen molar-refractivity contribution in [1.29, 1.82) is 0 Å². The molecule has 0 atom stereocenters. The molecule has 6 nitrogen and oxygen atoms in total. The molecule has 2 aliphatic carbocycles. The molecule has 6 heteroatoms. The molecule has 0 unspecified atom stereocenters. The van der Waals surface area contributed by atoms with Crippen LogP contribution in [0.4, 0.5) is 0 Å². The highest BCUT2D eigenvalue weighted by atomic mass is 16.7. The fraction of sp³-hybridized carbons (Fsp3) is 0.636. The van der Waals surface area contributed by atoms with Gasteiger partial charge in [-0.25, -0.2) is 0 Å². The predicted octanol–water partition coefficient (Wildman–Crippen LogP) is 3.95. The van der Waals surface area contributed by atoms with E-state index in [9.17, 15) is 0 Å². The Morgan fingerprint density at radius 2 is 1.75 bits per heavy atom. The first-order valence-corrected chi connectivity index (χ1v) is 10.5. The van der Waals surface area contributed by atoms with Gasteiger partial charge in [0.15, 0.2) is 17.3 Å². The van der Waals surface area contributed by atoms with Gasteiger partial charge in [0.25, 0.3) is 0 Å². The number of nitrogens with one attached hydrogen (secondary N) is 1. The Balaban J connectivity index is 1.34. The second kappa shape index (κ2) is 7.25. The standard InChI is InChI=1S/C22H29NO5/c1-24-19-7-6-16(14-20(19)27-17-4-2-3-5-17)18-15-21(28-23-18)8-10-22(11-9-21)25-12-13-26-22/h6-7,14-15,17,23H,2-5,8-13H2,1H3. The molecule has 152 valence electrons. The first-order chi connectivity index (χ1) is 13.7. The topological polar surface area (TPSA) is 58.2 Å². The van der Waals surface area contributed by atoms with Gasteiger partial charge in [-0.2, -0.15) is 0 Å². The Morgan fingerprint density at radius 3 is 2.46 bits per heavy atom. The molecule has 2 aliphatic heterocycles. The fourth-order valence-electron chi connectivity index (χ4n) is 4.83. The molecule has 1 N–H and O–H groups in total. The van der Waals surface area contributed by atoms with Crippen LogP contribution in [0.3, 0.4) is 0 Å². The Kier molecular flexibility index (Phi) is 4.73. The predicted molar refractivity (Wildman–Crippen MR) is 104 cm³/mol. The highest BCUT2D eigenvalue weighted by Crippen LogP contribution is 2.45. The average molecular weight is 387 g/mol. The van der Waals surface area contributed by atoms with Crippen molar-refractivity contribution in [2.75, 3.05) is 20.3 Å². The van der Waals surface area contributed by atoms with Crippen LogP contribution in [0.5, 0.6) is 11.5 Å². The van der Waals surface area contributed by atoms with E-state index >= 15 is 0 Å². The molecule has 3 fully saturated rings. The van der Waals surface area contributed by atoms with E-state index in [1.807, 2.05) is 6.07 Å². The van der Waals surface area contributed by atoms with Crippen molar-refractivity contribution in [2.45, 2.75) is 68.9 Å². The summed E-state index contributed by atoms with van der Waals surface area (Å²) in [6, 6.07) is 6.09. The van der Waals surface area contributed by atoms with Crippen LogP contribution in [-0.4, -0.2) is 37.8 Å².